The third-order valence-corrected chi connectivity index (χ3v) is 3.99. The molecule has 0 spiro atoms. The van der Waals surface area contributed by atoms with Crippen molar-refractivity contribution in [2.45, 2.75) is 40.0 Å². The van der Waals surface area contributed by atoms with E-state index in [-0.39, 0.29) is 13.2 Å². The average molecular weight is 289 g/mol. The number of aliphatic hydroxyl groups excluding tert-OH is 2. The van der Waals surface area contributed by atoms with E-state index >= 15 is 0 Å². The van der Waals surface area contributed by atoms with Crippen molar-refractivity contribution >= 4 is 11.6 Å². The Morgan fingerprint density at radius 2 is 1.89 bits per heavy atom. The van der Waals surface area contributed by atoms with E-state index < -0.39 is 5.41 Å². The monoisotopic (exact) mass is 288 g/mol. The highest BCUT2D eigenvalue weighted by atomic mass is 35.5. The fraction of sp³-hybridized carbons (Fsp3) is 0.786. The molecule has 0 saturated carbocycles. The van der Waals surface area contributed by atoms with Crippen LogP contribution in [0.15, 0.2) is 0 Å². The van der Waals surface area contributed by atoms with Gasteiger partial charge in [0.1, 0.15) is 0 Å². The zero-order chi connectivity index (χ0) is 14.6. The largest absolute Gasteiger partial charge is 0.396 e. The van der Waals surface area contributed by atoms with Gasteiger partial charge in [0.2, 0.25) is 0 Å². The number of hydrogen-bond acceptors (Lipinski definition) is 3. The average Bonchev–Trinajstić information content (AvgIpc) is 2.64. The first-order valence-corrected chi connectivity index (χ1v) is 7.19. The molecule has 2 N–H and O–H groups in total. The van der Waals surface area contributed by atoms with Gasteiger partial charge in [-0.1, -0.05) is 32.4 Å². The van der Waals surface area contributed by atoms with Crippen molar-refractivity contribution < 1.29 is 10.2 Å². The van der Waals surface area contributed by atoms with Crippen molar-refractivity contribution in [3.05, 3.63) is 16.4 Å². The van der Waals surface area contributed by atoms with Crippen LogP contribution < -0.4 is 0 Å². The zero-order valence-electron chi connectivity index (χ0n) is 12.3. The van der Waals surface area contributed by atoms with Crippen molar-refractivity contribution in [2.24, 2.45) is 18.4 Å². The molecular formula is C14H25ClN2O2. The number of nitrogens with zero attached hydrogens (tertiary/aromatic N) is 2. The van der Waals surface area contributed by atoms with Crippen molar-refractivity contribution in [2.75, 3.05) is 13.2 Å². The van der Waals surface area contributed by atoms with Gasteiger partial charge in [-0.15, -0.1) is 0 Å². The summed E-state index contributed by atoms with van der Waals surface area (Å²) in [7, 11) is 1.86. The SMILES string of the molecule is CCc1nn(C)c(CC(CO)(CO)CC(C)C)c1Cl. The van der Waals surface area contributed by atoms with Gasteiger partial charge < -0.3 is 10.2 Å². The highest BCUT2D eigenvalue weighted by molar-refractivity contribution is 6.31. The first-order chi connectivity index (χ1) is 8.89. The summed E-state index contributed by atoms with van der Waals surface area (Å²) in [5.41, 5.74) is 1.23. The fourth-order valence-corrected chi connectivity index (χ4v) is 2.96. The van der Waals surface area contributed by atoms with Crippen LogP contribution in [0.2, 0.25) is 5.02 Å². The van der Waals surface area contributed by atoms with E-state index in [4.69, 9.17) is 11.6 Å². The summed E-state index contributed by atoms with van der Waals surface area (Å²) in [5.74, 6) is 0.400. The molecule has 1 heterocycles. The summed E-state index contributed by atoms with van der Waals surface area (Å²) in [6.07, 6.45) is 2.07. The highest BCUT2D eigenvalue weighted by Crippen LogP contribution is 2.33. The summed E-state index contributed by atoms with van der Waals surface area (Å²) in [6, 6.07) is 0. The standard InChI is InChI=1S/C14H25ClN2O2/c1-5-11-13(15)12(17(4)16-11)7-14(8-18,9-19)6-10(2)3/h10,18-19H,5-9H2,1-4H3. The van der Waals surface area contributed by atoms with Crippen LogP contribution in [0.4, 0.5) is 0 Å². The molecule has 4 nitrogen and oxygen atoms in total. The molecule has 0 amide bonds. The van der Waals surface area contributed by atoms with Crippen LogP contribution >= 0.6 is 11.6 Å². The molecular weight excluding hydrogens is 264 g/mol. The first-order valence-electron chi connectivity index (χ1n) is 6.81. The maximum absolute atomic E-state index is 9.70. The Kier molecular flexibility index (Phi) is 5.83. The molecule has 0 bridgehead atoms. The van der Waals surface area contributed by atoms with Crippen molar-refractivity contribution in [3.8, 4) is 0 Å². The zero-order valence-corrected chi connectivity index (χ0v) is 13.0. The Hall–Kier alpha value is -0.580. The molecule has 1 rings (SSSR count). The second-order valence-corrected chi connectivity index (χ2v) is 6.15. The lowest BCUT2D eigenvalue weighted by Gasteiger charge is -2.31. The van der Waals surface area contributed by atoms with Gasteiger partial charge in [0, 0.05) is 18.9 Å². The highest BCUT2D eigenvalue weighted by Gasteiger charge is 2.32. The second-order valence-electron chi connectivity index (χ2n) is 5.78. The van der Waals surface area contributed by atoms with Crippen LogP contribution in [0.3, 0.4) is 0 Å². The predicted molar refractivity (Wildman–Crippen MR) is 77.4 cm³/mol. The molecule has 19 heavy (non-hydrogen) atoms. The lowest BCUT2D eigenvalue weighted by Crippen LogP contribution is -2.34. The Bertz CT molecular complexity index is 412. The predicted octanol–water partition coefficient (Wildman–Crippen LogP) is 2.20. The Balaban J connectivity index is 3.06. The molecule has 0 aromatic carbocycles. The molecule has 1 aromatic rings. The van der Waals surface area contributed by atoms with Crippen LogP contribution in [-0.2, 0) is 19.9 Å². The van der Waals surface area contributed by atoms with Crippen LogP contribution in [0.1, 0.15) is 38.6 Å². The Morgan fingerprint density at radius 3 is 2.26 bits per heavy atom. The van der Waals surface area contributed by atoms with Crippen LogP contribution in [0.25, 0.3) is 0 Å². The summed E-state index contributed by atoms with van der Waals surface area (Å²) in [4.78, 5) is 0. The van der Waals surface area contributed by atoms with E-state index in [1.54, 1.807) is 4.68 Å². The third-order valence-electron chi connectivity index (χ3n) is 3.56. The van der Waals surface area contributed by atoms with Gasteiger partial charge in [-0.05, 0) is 18.8 Å². The maximum Gasteiger partial charge on any atom is 0.0849 e. The lowest BCUT2D eigenvalue weighted by molar-refractivity contribution is 0.0355. The summed E-state index contributed by atoms with van der Waals surface area (Å²) in [6.45, 7) is 6.08. The van der Waals surface area contributed by atoms with Gasteiger partial charge in [-0.3, -0.25) is 4.68 Å². The van der Waals surface area contributed by atoms with Crippen molar-refractivity contribution in [1.29, 1.82) is 0 Å². The van der Waals surface area contributed by atoms with E-state index in [1.807, 2.05) is 14.0 Å². The molecule has 0 unspecified atom stereocenters. The molecule has 0 aliphatic rings. The van der Waals surface area contributed by atoms with Gasteiger partial charge in [0.05, 0.1) is 29.6 Å². The third kappa shape index (κ3) is 3.71. The minimum absolute atomic E-state index is 0.0509. The maximum atomic E-state index is 9.70. The summed E-state index contributed by atoms with van der Waals surface area (Å²) in [5, 5.41) is 24.4. The smallest absolute Gasteiger partial charge is 0.0849 e. The van der Waals surface area contributed by atoms with Gasteiger partial charge in [0.25, 0.3) is 0 Å². The summed E-state index contributed by atoms with van der Waals surface area (Å²) < 4.78 is 1.77. The van der Waals surface area contributed by atoms with Crippen LogP contribution in [-0.4, -0.2) is 33.2 Å². The molecule has 0 aliphatic carbocycles. The Morgan fingerprint density at radius 1 is 1.32 bits per heavy atom. The van der Waals surface area contributed by atoms with E-state index in [9.17, 15) is 10.2 Å². The minimum Gasteiger partial charge on any atom is -0.396 e. The summed E-state index contributed by atoms with van der Waals surface area (Å²) >= 11 is 6.34. The van der Waals surface area contributed by atoms with E-state index in [1.165, 1.54) is 0 Å². The number of aromatic nitrogens is 2. The minimum atomic E-state index is -0.531. The van der Waals surface area contributed by atoms with Gasteiger partial charge in [-0.2, -0.15) is 5.10 Å². The molecule has 0 aliphatic heterocycles. The van der Waals surface area contributed by atoms with E-state index in [0.717, 1.165) is 24.2 Å². The Labute approximate surface area is 120 Å². The van der Waals surface area contributed by atoms with Gasteiger partial charge >= 0.3 is 0 Å². The lowest BCUT2D eigenvalue weighted by atomic mass is 9.77. The van der Waals surface area contributed by atoms with E-state index in [0.29, 0.717) is 17.4 Å². The van der Waals surface area contributed by atoms with Crippen LogP contribution in [0.5, 0.6) is 0 Å². The number of aryl methyl sites for hydroxylation is 2. The first kappa shape index (κ1) is 16.5. The second kappa shape index (κ2) is 6.73. The van der Waals surface area contributed by atoms with Gasteiger partial charge in [0.15, 0.2) is 0 Å². The molecule has 0 atom stereocenters. The molecule has 5 heteroatoms. The quantitative estimate of drug-likeness (QED) is 0.809. The molecule has 0 radical (unpaired) electrons. The van der Waals surface area contributed by atoms with E-state index in [2.05, 4.69) is 18.9 Å². The number of aliphatic hydroxyl groups is 2. The number of rotatable bonds is 7. The molecule has 1 aromatic heterocycles. The normalized spacial score (nSPS) is 12.4. The fourth-order valence-electron chi connectivity index (χ4n) is 2.60. The van der Waals surface area contributed by atoms with Crippen LogP contribution in [0, 0.1) is 11.3 Å². The molecule has 0 saturated heterocycles. The number of halogens is 1. The molecule has 110 valence electrons. The number of hydrogen-bond donors (Lipinski definition) is 2. The van der Waals surface area contributed by atoms with Crippen molar-refractivity contribution in [1.82, 2.24) is 9.78 Å². The topological polar surface area (TPSA) is 58.3 Å². The van der Waals surface area contributed by atoms with Gasteiger partial charge in [-0.25, -0.2) is 0 Å². The molecule has 0 fully saturated rings. The van der Waals surface area contributed by atoms with Crippen molar-refractivity contribution in [3.63, 3.8) is 0 Å².